The van der Waals surface area contributed by atoms with E-state index in [1.165, 1.54) is 44.6 Å². The fraction of sp³-hybridized carbons (Fsp3) is 0.741. The minimum Gasteiger partial charge on any atom is -0.423 e. The topological polar surface area (TPSA) is 26.3 Å². The van der Waals surface area contributed by atoms with E-state index in [-0.39, 0.29) is 11.5 Å². The lowest BCUT2D eigenvalue weighted by Gasteiger charge is -2.38. The van der Waals surface area contributed by atoms with Gasteiger partial charge in [-0.2, -0.15) is 30.7 Å². The van der Waals surface area contributed by atoms with Crippen LogP contribution in [0.5, 0.6) is 5.75 Å². The summed E-state index contributed by atoms with van der Waals surface area (Å²) in [5.41, 5.74) is -4.13. The van der Waals surface area contributed by atoms with Gasteiger partial charge in [-0.3, -0.25) is 4.79 Å². The van der Waals surface area contributed by atoms with Gasteiger partial charge in [0.15, 0.2) is 17.0 Å². The van der Waals surface area contributed by atoms with Crippen LogP contribution in [0.2, 0.25) is 0 Å². The van der Waals surface area contributed by atoms with Crippen LogP contribution in [0.1, 0.15) is 89.0 Å². The third-order valence-electron chi connectivity index (χ3n) is 9.01. The SMILES string of the molecule is CCCC1CCC(C2CCC(c3ccc(OC(=O)C4CC4(C(F)(F)F)C(F)(F)F)c(F)c3F)CC2)CC1. The third-order valence-corrected chi connectivity index (χ3v) is 9.01. The molecule has 3 fully saturated rings. The van der Waals surface area contributed by atoms with Crippen molar-refractivity contribution in [2.45, 2.75) is 95.8 Å². The van der Waals surface area contributed by atoms with Gasteiger partial charge in [-0.1, -0.05) is 38.7 Å². The molecule has 0 saturated heterocycles. The summed E-state index contributed by atoms with van der Waals surface area (Å²) >= 11 is 0. The van der Waals surface area contributed by atoms with Gasteiger partial charge in [-0.05, 0) is 80.2 Å². The van der Waals surface area contributed by atoms with E-state index in [1.54, 1.807) is 0 Å². The maximum Gasteiger partial charge on any atom is 0.404 e. The first kappa shape index (κ1) is 28.1. The average Bonchev–Trinajstić information content (AvgIpc) is 3.62. The van der Waals surface area contributed by atoms with E-state index >= 15 is 0 Å². The zero-order chi connectivity index (χ0) is 27.2. The number of hydrogen-bond donors (Lipinski definition) is 0. The lowest BCUT2D eigenvalue weighted by Crippen LogP contribution is -2.42. The van der Waals surface area contributed by atoms with Crippen LogP contribution in [0.25, 0.3) is 0 Å². The summed E-state index contributed by atoms with van der Waals surface area (Å²) in [6.45, 7) is 2.20. The fourth-order valence-corrected chi connectivity index (χ4v) is 6.71. The number of halogens is 8. The lowest BCUT2D eigenvalue weighted by molar-refractivity contribution is -0.305. The number of ether oxygens (including phenoxy) is 1. The summed E-state index contributed by atoms with van der Waals surface area (Å²) in [4.78, 5) is 12.1. The van der Waals surface area contributed by atoms with Crippen molar-refractivity contribution in [2.75, 3.05) is 0 Å². The highest BCUT2D eigenvalue weighted by Crippen LogP contribution is 2.70. The summed E-state index contributed by atoms with van der Waals surface area (Å²) < 4.78 is 113. The van der Waals surface area contributed by atoms with Crippen molar-refractivity contribution in [1.82, 2.24) is 0 Å². The molecular weight excluding hydrogens is 508 g/mol. The molecule has 37 heavy (non-hydrogen) atoms. The van der Waals surface area contributed by atoms with Crippen LogP contribution in [0.15, 0.2) is 12.1 Å². The minimum absolute atomic E-state index is 0.0914. The molecule has 4 rings (SSSR count). The molecule has 1 aromatic rings. The molecule has 0 bridgehead atoms. The first-order valence-electron chi connectivity index (χ1n) is 13.1. The lowest BCUT2D eigenvalue weighted by atomic mass is 9.68. The standard InChI is InChI=1S/C27H32F8O2/c1-2-3-15-4-6-16(7-5-15)17-8-10-18(11-9-17)19-12-13-21(23(29)22(19)28)37-24(36)20-14-25(20,26(30,31)32)27(33,34)35/h12-13,15-18,20H,2-11,14H2,1H3. The largest absolute Gasteiger partial charge is 0.423 e. The van der Waals surface area contributed by atoms with Crippen LogP contribution < -0.4 is 4.74 Å². The van der Waals surface area contributed by atoms with E-state index in [1.807, 2.05) is 0 Å². The molecule has 0 N–H and O–H groups in total. The predicted octanol–water partition coefficient (Wildman–Crippen LogP) is 8.88. The molecule has 0 aliphatic heterocycles. The second-order valence-corrected chi connectivity index (χ2v) is 11.1. The van der Waals surface area contributed by atoms with Crippen LogP contribution in [-0.4, -0.2) is 18.3 Å². The molecule has 1 atom stereocenters. The number of carbonyl (C=O) groups is 1. The number of alkyl halides is 6. The van der Waals surface area contributed by atoms with Gasteiger partial charge in [0.05, 0.1) is 5.92 Å². The van der Waals surface area contributed by atoms with Crippen LogP contribution in [0.3, 0.4) is 0 Å². The molecule has 10 heteroatoms. The molecule has 1 aromatic carbocycles. The molecular formula is C27H32F8O2. The Kier molecular flexibility index (Phi) is 7.88. The van der Waals surface area contributed by atoms with Gasteiger partial charge in [0, 0.05) is 0 Å². The first-order valence-corrected chi connectivity index (χ1v) is 13.1. The van der Waals surface area contributed by atoms with Gasteiger partial charge in [0.2, 0.25) is 5.82 Å². The Hall–Kier alpha value is -1.87. The van der Waals surface area contributed by atoms with E-state index < -0.39 is 53.5 Å². The Balaban J connectivity index is 1.36. The first-order chi connectivity index (χ1) is 17.3. The van der Waals surface area contributed by atoms with Crippen LogP contribution in [0.4, 0.5) is 35.1 Å². The van der Waals surface area contributed by atoms with Crippen molar-refractivity contribution in [3.63, 3.8) is 0 Å². The van der Waals surface area contributed by atoms with Crippen molar-refractivity contribution in [3.8, 4) is 5.75 Å². The number of rotatable bonds is 6. The highest BCUT2D eigenvalue weighted by atomic mass is 19.4. The Morgan fingerprint density at radius 3 is 1.89 bits per heavy atom. The summed E-state index contributed by atoms with van der Waals surface area (Å²) in [7, 11) is 0. The van der Waals surface area contributed by atoms with Crippen LogP contribution in [-0.2, 0) is 4.79 Å². The second kappa shape index (κ2) is 10.4. The highest BCUT2D eigenvalue weighted by Gasteiger charge is 2.86. The monoisotopic (exact) mass is 540 g/mol. The van der Waals surface area contributed by atoms with Crippen LogP contribution >= 0.6 is 0 Å². The molecule has 1 unspecified atom stereocenters. The molecule has 2 nitrogen and oxygen atoms in total. The summed E-state index contributed by atoms with van der Waals surface area (Å²) in [5.74, 6) is -6.53. The van der Waals surface area contributed by atoms with Crippen molar-refractivity contribution in [1.29, 1.82) is 0 Å². The quantitative estimate of drug-likeness (QED) is 0.205. The Morgan fingerprint density at radius 1 is 0.865 bits per heavy atom. The molecule has 0 spiro atoms. The van der Waals surface area contributed by atoms with Crippen LogP contribution in [0, 0.1) is 40.7 Å². The molecule has 3 aliphatic carbocycles. The number of carbonyl (C=O) groups excluding carboxylic acids is 1. The van der Waals surface area contributed by atoms with Crippen molar-refractivity contribution < 1.29 is 44.7 Å². The van der Waals surface area contributed by atoms with E-state index in [0.29, 0.717) is 24.7 Å². The normalized spacial score (nSPS) is 30.1. The predicted molar refractivity (Wildman–Crippen MR) is 120 cm³/mol. The summed E-state index contributed by atoms with van der Waals surface area (Å²) in [6, 6.07) is 2.13. The molecule has 0 amide bonds. The molecule has 208 valence electrons. The third kappa shape index (κ3) is 5.35. The number of esters is 1. The van der Waals surface area contributed by atoms with Gasteiger partial charge >= 0.3 is 18.3 Å². The van der Waals surface area contributed by atoms with Crippen molar-refractivity contribution in [2.24, 2.45) is 29.1 Å². The zero-order valence-electron chi connectivity index (χ0n) is 20.7. The maximum absolute atomic E-state index is 14.9. The fourth-order valence-electron chi connectivity index (χ4n) is 6.71. The molecule has 0 radical (unpaired) electrons. The summed E-state index contributed by atoms with van der Waals surface area (Å²) in [5, 5.41) is 0. The minimum atomic E-state index is -5.73. The van der Waals surface area contributed by atoms with E-state index in [9.17, 15) is 39.9 Å². The van der Waals surface area contributed by atoms with Crippen molar-refractivity contribution in [3.05, 3.63) is 29.3 Å². The highest BCUT2D eigenvalue weighted by molar-refractivity contribution is 5.80. The molecule has 3 saturated carbocycles. The van der Waals surface area contributed by atoms with Crippen molar-refractivity contribution >= 4 is 5.97 Å². The van der Waals surface area contributed by atoms with Gasteiger partial charge in [0.1, 0.15) is 0 Å². The Bertz CT molecular complexity index is 956. The Labute approximate surface area is 211 Å². The number of hydrogen-bond acceptors (Lipinski definition) is 2. The zero-order valence-corrected chi connectivity index (χ0v) is 20.7. The maximum atomic E-state index is 14.9. The van der Waals surface area contributed by atoms with Gasteiger partial charge in [-0.25, -0.2) is 4.39 Å². The van der Waals surface area contributed by atoms with E-state index in [2.05, 4.69) is 11.7 Å². The van der Waals surface area contributed by atoms with Gasteiger partial charge in [-0.15, -0.1) is 0 Å². The molecule has 0 aromatic heterocycles. The second-order valence-electron chi connectivity index (χ2n) is 11.1. The summed E-state index contributed by atoms with van der Waals surface area (Å²) in [6.07, 6.45) is -2.52. The smallest absolute Gasteiger partial charge is 0.404 e. The number of benzene rings is 1. The molecule has 3 aliphatic rings. The van der Waals surface area contributed by atoms with Gasteiger partial charge < -0.3 is 4.74 Å². The molecule has 0 heterocycles. The van der Waals surface area contributed by atoms with E-state index in [0.717, 1.165) is 24.8 Å². The Morgan fingerprint density at radius 2 is 1.41 bits per heavy atom. The average molecular weight is 541 g/mol. The van der Waals surface area contributed by atoms with E-state index in [4.69, 9.17) is 0 Å². The van der Waals surface area contributed by atoms with Gasteiger partial charge in [0.25, 0.3) is 0 Å².